The molecule has 2 atom stereocenters. The van der Waals surface area contributed by atoms with Crippen LogP contribution >= 0.6 is 0 Å². The third-order valence-electron chi connectivity index (χ3n) is 4.89. The van der Waals surface area contributed by atoms with E-state index in [-0.39, 0.29) is 11.4 Å². The number of hydrogen-bond acceptors (Lipinski definition) is 3. The van der Waals surface area contributed by atoms with Crippen LogP contribution in [0.4, 0.5) is 4.39 Å². The highest BCUT2D eigenvalue weighted by Crippen LogP contribution is 2.36. The summed E-state index contributed by atoms with van der Waals surface area (Å²) in [4.78, 5) is 2.31. The Bertz CT molecular complexity index is 480. The van der Waals surface area contributed by atoms with E-state index in [9.17, 15) is 4.39 Å². The van der Waals surface area contributed by atoms with Gasteiger partial charge in [0.15, 0.2) is 11.6 Å². The largest absolute Gasteiger partial charge is 0.494 e. The van der Waals surface area contributed by atoms with E-state index in [1.807, 2.05) is 6.07 Å². The quantitative estimate of drug-likeness (QED) is 0.906. The maximum absolute atomic E-state index is 13.8. The highest BCUT2D eigenvalue weighted by atomic mass is 19.1. The van der Waals surface area contributed by atoms with Gasteiger partial charge in [-0.2, -0.15) is 0 Å². The van der Waals surface area contributed by atoms with Crippen molar-refractivity contribution in [1.82, 2.24) is 4.90 Å². The van der Waals surface area contributed by atoms with Crippen LogP contribution in [0.5, 0.6) is 5.75 Å². The Morgan fingerprint density at radius 3 is 2.81 bits per heavy atom. The molecule has 0 aromatic heterocycles. The molecule has 21 heavy (non-hydrogen) atoms. The zero-order chi connectivity index (χ0) is 15.5. The molecule has 2 rings (SSSR count). The lowest BCUT2D eigenvalue weighted by Crippen LogP contribution is -2.54. The molecular weight excluding hydrogens is 267 g/mol. The molecule has 118 valence electrons. The summed E-state index contributed by atoms with van der Waals surface area (Å²) in [5, 5.41) is 0. The van der Waals surface area contributed by atoms with Crippen molar-refractivity contribution in [2.75, 3.05) is 20.7 Å². The van der Waals surface area contributed by atoms with Crippen LogP contribution in [0.3, 0.4) is 0 Å². The van der Waals surface area contributed by atoms with Gasteiger partial charge in [0.2, 0.25) is 0 Å². The summed E-state index contributed by atoms with van der Waals surface area (Å²) in [5.74, 6) is 0.695. The molecule has 0 saturated heterocycles. The minimum absolute atomic E-state index is 0.0497. The SMILES string of the molecule is COc1ccc(CN(C)C2(CN)CCCC(C)C2)cc1F. The Morgan fingerprint density at radius 2 is 2.24 bits per heavy atom. The smallest absolute Gasteiger partial charge is 0.165 e. The number of hydrogen-bond donors (Lipinski definition) is 1. The normalized spacial score (nSPS) is 26.1. The van der Waals surface area contributed by atoms with E-state index < -0.39 is 0 Å². The second-order valence-corrected chi connectivity index (χ2v) is 6.45. The summed E-state index contributed by atoms with van der Waals surface area (Å²) >= 11 is 0. The molecule has 0 bridgehead atoms. The fraction of sp³-hybridized carbons (Fsp3) is 0.647. The van der Waals surface area contributed by atoms with Gasteiger partial charge in [0, 0.05) is 18.6 Å². The van der Waals surface area contributed by atoms with Crippen LogP contribution in [0.1, 0.15) is 38.2 Å². The average Bonchev–Trinajstić information content (AvgIpc) is 2.47. The van der Waals surface area contributed by atoms with Gasteiger partial charge in [-0.3, -0.25) is 4.90 Å². The number of halogens is 1. The molecular formula is C17H27FN2O. The minimum Gasteiger partial charge on any atom is -0.494 e. The van der Waals surface area contributed by atoms with Gasteiger partial charge >= 0.3 is 0 Å². The highest BCUT2D eigenvalue weighted by molar-refractivity contribution is 5.29. The maximum atomic E-state index is 13.8. The number of benzene rings is 1. The molecule has 1 saturated carbocycles. The first-order valence-corrected chi connectivity index (χ1v) is 7.74. The monoisotopic (exact) mass is 294 g/mol. The van der Waals surface area contributed by atoms with Crippen LogP contribution in [0.15, 0.2) is 18.2 Å². The van der Waals surface area contributed by atoms with E-state index in [1.165, 1.54) is 20.0 Å². The van der Waals surface area contributed by atoms with Crippen LogP contribution in [0, 0.1) is 11.7 Å². The van der Waals surface area contributed by atoms with Gasteiger partial charge in [0.05, 0.1) is 7.11 Å². The molecule has 0 radical (unpaired) electrons. The predicted molar refractivity (Wildman–Crippen MR) is 83.8 cm³/mol. The lowest BCUT2D eigenvalue weighted by molar-refractivity contribution is 0.0553. The van der Waals surface area contributed by atoms with Gasteiger partial charge in [-0.05, 0) is 43.5 Å². The van der Waals surface area contributed by atoms with Crippen LogP contribution in [-0.4, -0.2) is 31.1 Å². The minimum atomic E-state index is -0.304. The first kappa shape index (κ1) is 16.2. The molecule has 1 aliphatic carbocycles. The number of nitrogens with zero attached hydrogens (tertiary/aromatic N) is 1. The van der Waals surface area contributed by atoms with E-state index in [0.29, 0.717) is 24.8 Å². The molecule has 2 N–H and O–H groups in total. The summed E-state index contributed by atoms with van der Waals surface area (Å²) in [7, 11) is 3.59. The van der Waals surface area contributed by atoms with Crippen LogP contribution < -0.4 is 10.5 Å². The average molecular weight is 294 g/mol. The lowest BCUT2D eigenvalue weighted by Gasteiger charge is -2.46. The van der Waals surface area contributed by atoms with Crippen molar-refractivity contribution in [3.8, 4) is 5.75 Å². The number of nitrogens with two attached hydrogens (primary N) is 1. The topological polar surface area (TPSA) is 38.5 Å². The van der Waals surface area contributed by atoms with Crippen molar-refractivity contribution in [3.63, 3.8) is 0 Å². The van der Waals surface area contributed by atoms with Gasteiger partial charge in [-0.1, -0.05) is 25.8 Å². The highest BCUT2D eigenvalue weighted by Gasteiger charge is 2.37. The molecule has 4 heteroatoms. The van der Waals surface area contributed by atoms with Crippen molar-refractivity contribution in [1.29, 1.82) is 0 Å². The molecule has 2 unspecified atom stereocenters. The van der Waals surface area contributed by atoms with Crippen molar-refractivity contribution < 1.29 is 9.13 Å². The van der Waals surface area contributed by atoms with Crippen LogP contribution in [-0.2, 0) is 6.54 Å². The zero-order valence-electron chi connectivity index (χ0n) is 13.4. The Kier molecular flexibility index (Phi) is 5.22. The van der Waals surface area contributed by atoms with Crippen molar-refractivity contribution in [2.24, 2.45) is 11.7 Å². The van der Waals surface area contributed by atoms with Gasteiger partial charge in [0.25, 0.3) is 0 Å². The van der Waals surface area contributed by atoms with E-state index in [2.05, 4.69) is 18.9 Å². The molecule has 0 aliphatic heterocycles. The molecule has 3 nitrogen and oxygen atoms in total. The standard InChI is InChI=1S/C17H27FN2O/c1-13-5-4-8-17(10-13,12-19)20(2)11-14-6-7-16(21-3)15(18)9-14/h6-7,9,13H,4-5,8,10-12,19H2,1-3H3. The molecule has 0 heterocycles. The molecule has 1 fully saturated rings. The Hall–Kier alpha value is -1.13. The summed E-state index contributed by atoms with van der Waals surface area (Å²) in [6.07, 6.45) is 4.76. The van der Waals surface area contributed by atoms with Gasteiger partial charge in [-0.25, -0.2) is 4.39 Å². The predicted octanol–water partition coefficient (Wildman–Crippen LogP) is 3.17. The van der Waals surface area contributed by atoms with Gasteiger partial charge < -0.3 is 10.5 Å². The number of ether oxygens (including phenoxy) is 1. The summed E-state index contributed by atoms with van der Waals surface area (Å²) < 4.78 is 18.8. The fourth-order valence-corrected chi connectivity index (χ4v) is 3.57. The fourth-order valence-electron chi connectivity index (χ4n) is 3.57. The maximum Gasteiger partial charge on any atom is 0.165 e. The molecule has 1 aromatic carbocycles. The first-order valence-electron chi connectivity index (χ1n) is 7.74. The van der Waals surface area contributed by atoms with E-state index >= 15 is 0 Å². The first-order chi connectivity index (χ1) is 10.0. The molecule has 0 amide bonds. The van der Waals surface area contributed by atoms with Gasteiger partial charge in [-0.15, -0.1) is 0 Å². The Labute approximate surface area is 127 Å². The van der Waals surface area contributed by atoms with Crippen molar-refractivity contribution >= 4 is 0 Å². The van der Waals surface area contributed by atoms with Crippen LogP contribution in [0.25, 0.3) is 0 Å². The van der Waals surface area contributed by atoms with Crippen LogP contribution in [0.2, 0.25) is 0 Å². The zero-order valence-corrected chi connectivity index (χ0v) is 13.4. The van der Waals surface area contributed by atoms with E-state index in [0.717, 1.165) is 18.4 Å². The lowest BCUT2D eigenvalue weighted by atomic mass is 9.75. The molecule has 0 spiro atoms. The summed E-state index contributed by atoms with van der Waals surface area (Å²) in [6, 6.07) is 5.18. The second-order valence-electron chi connectivity index (χ2n) is 6.45. The van der Waals surface area contributed by atoms with Crippen molar-refractivity contribution in [2.45, 2.75) is 44.7 Å². The Morgan fingerprint density at radius 1 is 1.48 bits per heavy atom. The summed E-state index contributed by atoms with van der Waals surface area (Å²) in [5.41, 5.74) is 7.10. The molecule has 1 aliphatic rings. The number of likely N-dealkylation sites (N-methyl/N-ethyl adjacent to an activating group) is 1. The second kappa shape index (κ2) is 6.75. The van der Waals surface area contributed by atoms with Crippen molar-refractivity contribution in [3.05, 3.63) is 29.6 Å². The molecule has 1 aromatic rings. The van der Waals surface area contributed by atoms with E-state index in [4.69, 9.17) is 10.5 Å². The third kappa shape index (κ3) is 3.55. The number of rotatable bonds is 5. The van der Waals surface area contributed by atoms with Gasteiger partial charge in [0.1, 0.15) is 0 Å². The number of methoxy groups -OCH3 is 1. The summed E-state index contributed by atoms with van der Waals surface area (Å²) in [6.45, 7) is 3.67. The Balaban J connectivity index is 2.12. The third-order valence-corrected chi connectivity index (χ3v) is 4.89. The van der Waals surface area contributed by atoms with E-state index in [1.54, 1.807) is 12.1 Å².